The van der Waals surface area contributed by atoms with Crippen LogP contribution in [0.2, 0.25) is 10.2 Å². The van der Waals surface area contributed by atoms with Crippen LogP contribution >= 0.6 is 23.2 Å². The maximum absolute atomic E-state index is 12.9. The molecule has 5 heteroatoms. The molecule has 4 aliphatic rings. The van der Waals surface area contributed by atoms with E-state index in [1.54, 1.807) is 18.2 Å². The summed E-state index contributed by atoms with van der Waals surface area (Å²) in [4.78, 5) is 17.2. The number of pyridine rings is 1. The highest BCUT2D eigenvalue weighted by Crippen LogP contribution is 2.61. The third kappa shape index (κ3) is 3.23. The summed E-state index contributed by atoms with van der Waals surface area (Å²) in [5, 5.41) is 4.76. The number of hydrogen-bond donors (Lipinski definition) is 1. The Morgan fingerprint density at radius 2 is 1.70 bits per heavy atom. The molecule has 0 radical (unpaired) electrons. The Morgan fingerprint density at radius 1 is 1.04 bits per heavy atom. The topological polar surface area (TPSA) is 42.0 Å². The van der Waals surface area contributed by atoms with E-state index in [0.717, 1.165) is 36.1 Å². The van der Waals surface area contributed by atoms with Crippen molar-refractivity contribution in [3.05, 3.63) is 40.0 Å². The molecule has 4 fully saturated rings. The summed E-state index contributed by atoms with van der Waals surface area (Å²) in [6.45, 7) is 0.721. The maximum atomic E-state index is 12.9. The van der Waals surface area contributed by atoms with Crippen LogP contribution in [0.25, 0.3) is 10.9 Å². The third-order valence-electron chi connectivity index (χ3n) is 7.12. The number of aromatic nitrogens is 1. The molecule has 1 aromatic carbocycles. The standard InChI is InChI=1S/C22H24Cl2N2O/c23-17-2-3-18-16(1-4-19(24)26-18)20(17)21(27)25-6-5-22-10-13-7-14(11-22)9-15(8-13)12-22/h1-4,13-15H,5-12H2,(H,25,27). The minimum absolute atomic E-state index is 0.112. The molecular weight excluding hydrogens is 379 g/mol. The second-order valence-corrected chi connectivity index (χ2v) is 9.84. The van der Waals surface area contributed by atoms with Crippen LogP contribution in [0.5, 0.6) is 0 Å². The number of amides is 1. The lowest BCUT2D eigenvalue weighted by Gasteiger charge is -2.57. The van der Waals surface area contributed by atoms with Crippen LogP contribution in [0.3, 0.4) is 0 Å². The lowest BCUT2D eigenvalue weighted by atomic mass is 9.49. The van der Waals surface area contributed by atoms with E-state index < -0.39 is 0 Å². The lowest BCUT2D eigenvalue weighted by Crippen LogP contribution is -2.47. The molecule has 142 valence electrons. The second-order valence-electron chi connectivity index (χ2n) is 9.05. The summed E-state index contributed by atoms with van der Waals surface area (Å²) >= 11 is 12.3. The van der Waals surface area contributed by atoms with Gasteiger partial charge in [0.05, 0.1) is 16.1 Å². The highest BCUT2D eigenvalue weighted by Gasteiger charge is 2.50. The maximum Gasteiger partial charge on any atom is 0.253 e. The summed E-state index contributed by atoms with van der Waals surface area (Å²) in [6.07, 6.45) is 9.55. The Kier molecular flexibility index (Phi) is 4.36. The average molecular weight is 403 g/mol. The molecule has 0 atom stereocenters. The zero-order valence-electron chi connectivity index (χ0n) is 15.3. The number of carbonyl (C=O) groups excluding carboxylic acids is 1. The number of hydrogen-bond acceptors (Lipinski definition) is 2. The Labute approximate surface area is 169 Å². The quantitative estimate of drug-likeness (QED) is 0.648. The number of nitrogens with one attached hydrogen (secondary N) is 1. The largest absolute Gasteiger partial charge is 0.352 e. The Balaban J connectivity index is 1.30. The molecule has 1 amide bonds. The van der Waals surface area contributed by atoms with Gasteiger partial charge < -0.3 is 5.32 Å². The van der Waals surface area contributed by atoms with Crippen molar-refractivity contribution in [2.45, 2.75) is 44.9 Å². The first-order valence-corrected chi connectivity index (χ1v) is 10.8. The molecule has 0 aliphatic heterocycles. The van der Waals surface area contributed by atoms with Gasteiger partial charge in [-0.15, -0.1) is 0 Å². The summed E-state index contributed by atoms with van der Waals surface area (Å²) in [5.74, 6) is 2.71. The van der Waals surface area contributed by atoms with Gasteiger partial charge in [-0.2, -0.15) is 0 Å². The first kappa shape index (κ1) is 17.8. The third-order valence-corrected chi connectivity index (χ3v) is 7.64. The minimum Gasteiger partial charge on any atom is -0.352 e. The minimum atomic E-state index is -0.112. The fourth-order valence-electron chi connectivity index (χ4n) is 6.51. The predicted octanol–water partition coefficient (Wildman–Crippen LogP) is 5.88. The van der Waals surface area contributed by atoms with E-state index >= 15 is 0 Å². The number of carbonyl (C=O) groups is 1. The van der Waals surface area contributed by atoms with Crippen molar-refractivity contribution >= 4 is 40.0 Å². The normalized spacial score (nSPS) is 31.4. The van der Waals surface area contributed by atoms with Crippen LogP contribution < -0.4 is 5.32 Å². The molecule has 4 aliphatic carbocycles. The molecule has 0 unspecified atom stereocenters. The van der Waals surface area contributed by atoms with Gasteiger partial charge in [-0.05, 0) is 92.4 Å². The van der Waals surface area contributed by atoms with E-state index in [9.17, 15) is 4.79 Å². The van der Waals surface area contributed by atoms with E-state index in [0.29, 0.717) is 26.7 Å². The Hall–Kier alpha value is -1.32. The first-order chi connectivity index (χ1) is 13.0. The molecule has 3 nitrogen and oxygen atoms in total. The summed E-state index contributed by atoms with van der Waals surface area (Å²) < 4.78 is 0. The molecule has 27 heavy (non-hydrogen) atoms. The van der Waals surface area contributed by atoms with Crippen molar-refractivity contribution in [2.24, 2.45) is 23.2 Å². The molecule has 6 rings (SSSR count). The monoisotopic (exact) mass is 402 g/mol. The van der Waals surface area contributed by atoms with Crippen molar-refractivity contribution in [1.82, 2.24) is 10.3 Å². The Bertz CT molecular complexity index is 875. The summed E-state index contributed by atoms with van der Waals surface area (Å²) in [6, 6.07) is 7.05. The fraction of sp³-hybridized carbons (Fsp3) is 0.545. The van der Waals surface area contributed by atoms with Gasteiger partial charge in [-0.1, -0.05) is 23.2 Å². The second kappa shape index (κ2) is 6.63. The average Bonchev–Trinajstić information content (AvgIpc) is 2.60. The van der Waals surface area contributed by atoms with Crippen molar-refractivity contribution in [2.75, 3.05) is 6.54 Å². The summed E-state index contributed by atoms with van der Waals surface area (Å²) in [5.41, 5.74) is 1.67. The van der Waals surface area contributed by atoms with Crippen molar-refractivity contribution < 1.29 is 4.79 Å². The van der Waals surface area contributed by atoms with Crippen LogP contribution in [0.1, 0.15) is 55.3 Å². The zero-order chi connectivity index (χ0) is 18.6. The van der Waals surface area contributed by atoms with Crippen LogP contribution in [-0.4, -0.2) is 17.4 Å². The van der Waals surface area contributed by atoms with Gasteiger partial charge in [0, 0.05) is 11.9 Å². The van der Waals surface area contributed by atoms with E-state index in [1.165, 1.54) is 38.5 Å². The fourth-order valence-corrected chi connectivity index (χ4v) is 6.91. The van der Waals surface area contributed by atoms with Gasteiger partial charge in [0.2, 0.25) is 0 Å². The van der Waals surface area contributed by atoms with Crippen LogP contribution in [0.15, 0.2) is 24.3 Å². The molecular formula is C22H24Cl2N2O. The summed E-state index contributed by atoms with van der Waals surface area (Å²) in [7, 11) is 0. The lowest BCUT2D eigenvalue weighted by molar-refractivity contribution is -0.0564. The van der Waals surface area contributed by atoms with Crippen LogP contribution in [0.4, 0.5) is 0 Å². The number of fused-ring (bicyclic) bond motifs is 1. The van der Waals surface area contributed by atoms with E-state index in [4.69, 9.17) is 23.2 Å². The number of nitrogens with zero attached hydrogens (tertiary/aromatic N) is 1. The molecule has 0 saturated heterocycles. The van der Waals surface area contributed by atoms with Gasteiger partial charge in [-0.25, -0.2) is 4.98 Å². The highest BCUT2D eigenvalue weighted by molar-refractivity contribution is 6.35. The molecule has 1 heterocycles. The first-order valence-electron chi connectivity index (χ1n) is 10.0. The predicted molar refractivity (Wildman–Crippen MR) is 109 cm³/mol. The molecule has 2 aromatic rings. The van der Waals surface area contributed by atoms with Crippen molar-refractivity contribution in [3.8, 4) is 0 Å². The van der Waals surface area contributed by atoms with Crippen LogP contribution in [0, 0.1) is 23.2 Å². The van der Waals surface area contributed by atoms with Gasteiger partial charge in [0.25, 0.3) is 5.91 Å². The highest BCUT2D eigenvalue weighted by atomic mass is 35.5. The van der Waals surface area contributed by atoms with Crippen molar-refractivity contribution in [3.63, 3.8) is 0 Å². The van der Waals surface area contributed by atoms with Gasteiger partial charge in [0.15, 0.2) is 0 Å². The van der Waals surface area contributed by atoms with Crippen molar-refractivity contribution in [1.29, 1.82) is 0 Å². The van der Waals surface area contributed by atoms with Crippen LogP contribution in [-0.2, 0) is 0 Å². The zero-order valence-corrected chi connectivity index (χ0v) is 16.8. The van der Waals surface area contributed by atoms with E-state index in [-0.39, 0.29) is 5.91 Å². The molecule has 4 bridgehead atoms. The van der Waals surface area contributed by atoms with Gasteiger partial charge >= 0.3 is 0 Å². The molecule has 1 aromatic heterocycles. The van der Waals surface area contributed by atoms with Gasteiger partial charge in [0.1, 0.15) is 5.15 Å². The number of rotatable bonds is 4. The van der Waals surface area contributed by atoms with Gasteiger partial charge in [-0.3, -0.25) is 4.79 Å². The SMILES string of the molecule is O=C(NCCC12CC3CC(CC(C3)C1)C2)c1c(Cl)ccc2nc(Cl)ccc12. The number of benzene rings is 1. The Morgan fingerprint density at radius 3 is 2.37 bits per heavy atom. The number of halogens is 2. The van der Waals surface area contributed by atoms with E-state index in [2.05, 4.69) is 10.3 Å². The molecule has 4 saturated carbocycles. The smallest absolute Gasteiger partial charge is 0.253 e. The van der Waals surface area contributed by atoms with E-state index in [1.807, 2.05) is 6.07 Å². The molecule has 1 N–H and O–H groups in total. The molecule has 0 spiro atoms.